The third-order valence-corrected chi connectivity index (χ3v) is 7.03. The van der Waals surface area contributed by atoms with Gasteiger partial charge < -0.3 is 20.7 Å². The van der Waals surface area contributed by atoms with E-state index >= 15 is 0 Å². The van der Waals surface area contributed by atoms with Crippen molar-refractivity contribution in [2.45, 2.75) is 19.6 Å². The molecule has 2 amide bonds. The van der Waals surface area contributed by atoms with Crippen molar-refractivity contribution in [3.05, 3.63) is 111 Å². The molecule has 0 saturated carbocycles. The molecular formula is C29H26BrClN6O2. The van der Waals surface area contributed by atoms with Crippen LogP contribution in [0.2, 0.25) is 5.02 Å². The number of rotatable bonds is 9. The largest absolute Gasteiger partial charge is 0.497 e. The molecule has 0 aliphatic carbocycles. The summed E-state index contributed by atoms with van der Waals surface area (Å²) in [5.74, 6) is 1.58. The Labute approximate surface area is 239 Å². The normalized spacial score (nSPS) is 10.8. The first-order valence-electron chi connectivity index (χ1n) is 12.3. The summed E-state index contributed by atoms with van der Waals surface area (Å²) in [5, 5.41) is 14.3. The van der Waals surface area contributed by atoms with Gasteiger partial charge in [0.05, 0.1) is 23.5 Å². The molecule has 3 N–H and O–H groups in total. The highest BCUT2D eigenvalue weighted by atomic mass is 79.9. The van der Waals surface area contributed by atoms with E-state index in [2.05, 4.69) is 37.0 Å². The predicted octanol–water partition coefficient (Wildman–Crippen LogP) is 6.43. The topological polar surface area (TPSA) is 92.6 Å². The number of nitrogens with zero attached hydrogens (tertiary/aromatic N) is 3. The Morgan fingerprint density at radius 3 is 2.18 bits per heavy atom. The van der Waals surface area contributed by atoms with Crippen LogP contribution in [0.4, 0.5) is 10.6 Å². The number of nitrogens with one attached hydrogen (secondary N) is 3. The number of carbonyl (C=O) groups excluding carboxylic acids is 1. The van der Waals surface area contributed by atoms with Crippen LogP contribution in [0.5, 0.6) is 5.75 Å². The molecule has 8 nitrogen and oxygen atoms in total. The van der Waals surface area contributed by atoms with Crippen LogP contribution in [0.3, 0.4) is 0 Å². The molecule has 0 fully saturated rings. The molecular weight excluding hydrogens is 580 g/mol. The van der Waals surface area contributed by atoms with E-state index in [9.17, 15) is 4.79 Å². The number of urea groups is 1. The Balaban J connectivity index is 1.18. The van der Waals surface area contributed by atoms with E-state index < -0.39 is 0 Å². The van der Waals surface area contributed by atoms with Crippen LogP contribution in [0.25, 0.3) is 16.9 Å². The highest BCUT2D eigenvalue weighted by Gasteiger charge is 2.13. The summed E-state index contributed by atoms with van der Waals surface area (Å²) in [5.41, 5.74) is 5.38. The van der Waals surface area contributed by atoms with Crippen LogP contribution in [0, 0.1) is 0 Å². The fraction of sp³-hybridized carbons (Fsp3) is 0.138. The lowest BCUT2D eigenvalue weighted by Crippen LogP contribution is -2.34. The summed E-state index contributed by atoms with van der Waals surface area (Å²) in [7, 11) is 1.63. The van der Waals surface area contributed by atoms with Gasteiger partial charge in [-0.15, -0.1) is 0 Å². The standard InChI is InChI=1S/C29H26BrClN6O2/c1-39-22-12-10-21(11-13-22)17-34-29(38)33-16-20-8-6-19(7-9-20)15-32-27-14-26(23-4-2-3-5-25(23)31)36-28-24(30)18-35-37(27)28/h2-14,18,32H,15-17H2,1H3,(H2,33,34,38). The third kappa shape index (κ3) is 6.50. The number of carbonyl (C=O) groups is 1. The van der Waals surface area contributed by atoms with Crippen molar-refractivity contribution >= 4 is 45.0 Å². The number of halogens is 2. The van der Waals surface area contributed by atoms with E-state index in [4.69, 9.17) is 21.3 Å². The summed E-state index contributed by atoms with van der Waals surface area (Å²) in [6.07, 6.45) is 1.72. The predicted molar refractivity (Wildman–Crippen MR) is 157 cm³/mol. The molecule has 5 aromatic rings. The molecule has 10 heteroatoms. The zero-order valence-electron chi connectivity index (χ0n) is 21.1. The van der Waals surface area contributed by atoms with Gasteiger partial charge in [0.25, 0.3) is 0 Å². The molecule has 5 rings (SSSR count). The Kier molecular flexibility index (Phi) is 8.29. The van der Waals surface area contributed by atoms with Gasteiger partial charge in [-0.05, 0) is 50.8 Å². The minimum Gasteiger partial charge on any atom is -0.497 e. The molecule has 0 bridgehead atoms. The molecule has 2 heterocycles. The summed E-state index contributed by atoms with van der Waals surface area (Å²) in [6.45, 7) is 1.44. The Morgan fingerprint density at radius 1 is 0.923 bits per heavy atom. The van der Waals surface area contributed by atoms with Gasteiger partial charge >= 0.3 is 6.03 Å². The van der Waals surface area contributed by atoms with Crippen LogP contribution >= 0.6 is 27.5 Å². The van der Waals surface area contributed by atoms with E-state index in [-0.39, 0.29) is 6.03 Å². The zero-order chi connectivity index (χ0) is 27.2. The van der Waals surface area contributed by atoms with Gasteiger partial charge in [0, 0.05) is 36.3 Å². The van der Waals surface area contributed by atoms with Gasteiger partial charge in [-0.25, -0.2) is 9.78 Å². The average molecular weight is 606 g/mol. The van der Waals surface area contributed by atoms with E-state index in [1.807, 2.05) is 78.9 Å². The van der Waals surface area contributed by atoms with Crippen LogP contribution < -0.4 is 20.7 Å². The van der Waals surface area contributed by atoms with Crippen LogP contribution in [-0.4, -0.2) is 27.7 Å². The minimum atomic E-state index is -0.224. The van der Waals surface area contributed by atoms with Crippen molar-refractivity contribution in [3.8, 4) is 17.0 Å². The lowest BCUT2D eigenvalue weighted by atomic mass is 10.1. The summed E-state index contributed by atoms with van der Waals surface area (Å²) < 4.78 is 7.71. The van der Waals surface area contributed by atoms with Crippen molar-refractivity contribution in [1.29, 1.82) is 0 Å². The molecule has 3 aromatic carbocycles. The van der Waals surface area contributed by atoms with Crippen LogP contribution in [0.1, 0.15) is 16.7 Å². The number of ether oxygens (including phenoxy) is 1. The first-order chi connectivity index (χ1) is 19.0. The number of fused-ring (bicyclic) bond motifs is 1. The molecule has 39 heavy (non-hydrogen) atoms. The van der Waals surface area contributed by atoms with Gasteiger partial charge in [0.2, 0.25) is 0 Å². The molecule has 0 radical (unpaired) electrons. The highest BCUT2D eigenvalue weighted by molar-refractivity contribution is 9.10. The maximum absolute atomic E-state index is 12.2. The molecule has 2 aromatic heterocycles. The third-order valence-electron chi connectivity index (χ3n) is 6.14. The molecule has 0 saturated heterocycles. The second-order valence-electron chi connectivity index (χ2n) is 8.79. The van der Waals surface area contributed by atoms with E-state index in [0.717, 1.165) is 44.0 Å². The van der Waals surface area contributed by atoms with Gasteiger partial charge in [0.15, 0.2) is 5.65 Å². The number of aromatic nitrogens is 3. The van der Waals surface area contributed by atoms with Crippen molar-refractivity contribution < 1.29 is 9.53 Å². The summed E-state index contributed by atoms with van der Waals surface area (Å²) >= 11 is 9.97. The Bertz CT molecular complexity index is 1590. The van der Waals surface area contributed by atoms with Gasteiger partial charge in [-0.3, -0.25) is 0 Å². The van der Waals surface area contributed by atoms with E-state index in [0.29, 0.717) is 30.3 Å². The van der Waals surface area contributed by atoms with E-state index in [1.165, 1.54) is 0 Å². The minimum absolute atomic E-state index is 0.224. The maximum Gasteiger partial charge on any atom is 0.315 e. The van der Waals surface area contributed by atoms with Crippen molar-refractivity contribution in [2.24, 2.45) is 0 Å². The second-order valence-corrected chi connectivity index (χ2v) is 10.1. The van der Waals surface area contributed by atoms with Gasteiger partial charge in [-0.1, -0.05) is 66.2 Å². The first kappa shape index (κ1) is 26.5. The number of anilines is 1. The monoisotopic (exact) mass is 604 g/mol. The molecule has 0 unspecified atom stereocenters. The number of hydrogen-bond donors (Lipinski definition) is 3. The summed E-state index contributed by atoms with van der Waals surface area (Å²) in [6, 6.07) is 25.0. The van der Waals surface area contributed by atoms with Crippen LogP contribution in [0.15, 0.2) is 89.5 Å². The number of benzene rings is 3. The Morgan fingerprint density at radius 2 is 1.54 bits per heavy atom. The fourth-order valence-electron chi connectivity index (χ4n) is 4.01. The molecule has 0 atom stereocenters. The highest BCUT2D eigenvalue weighted by Crippen LogP contribution is 2.30. The number of amides is 2. The summed E-state index contributed by atoms with van der Waals surface area (Å²) in [4.78, 5) is 17.0. The quantitative estimate of drug-likeness (QED) is 0.180. The number of methoxy groups -OCH3 is 1. The van der Waals surface area contributed by atoms with E-state index in [1.54, 1.807) is 17.8 Å². The van der Waals surface area contributed by atoms with Gasteiger partial charge in [0.1, 0.15) is 11.6 Å². The molecule has 198 valence electrons. The molecule has 0 spiro atoms. The average Bonchev–Trinajstić information content (AvgIpc) is 3.35. The van der Waals surface area contributed by atoms with Crippen molar-refractivity contribution in [1.82, 2.24) is 25.2 Å². The fourth-order valence-corrected chi connectivity index (χ4v) is 4.59. The zero-order valence-corrected chi connectivity index (χ0v) is 23.5. The Hall–Kier alpha value is -4.08. The van der Waals surface area contributed by atoms with Gasteiger partial charge in [-0.2, -0.15) is 9.61 Å². The number of hydrogen-bond acceptors (Lipinski definition) is 5. The van der Waals surface area contributed by atoms with Crippen molar-refractivity contribution in [3.63, 3.8) is 0 Å². The lowest BCUT2D eigenvalue weighted by Gasteiger charge is -2.12. The molecule has 0 aliphatic rings. The lowest BCUT2D eigenvalue weighted by molar-refractivity contribution is 0.240. The smallest absolute Gasteiger partial charge is 0.315 e. The second kappa shape index (κ2) is 12.2. The van der Waals surface area contributed by atoms with Crippen molar-refractivity contribution in [2.75, 3.05) is 12.4 Å². The SMILES string of the molecule is COc1ccc(CNC(=O)NCc2ccc(CNc3cc(-c4ccccc4Cl)nc4c(Br)cnn34)cc2)cc1. The van der Waals surface area contributed by atoms with Crippen LogP contribution in [-0.2, 0) is 19.6 Å². The maximum atomic E-state index is 12.2. The first-order valence-corrected chi connectivity index (χ1v) is 13.4. The molecule has 0 aliphatic heterocycles.